The van der Waals surface area contributed by atoms with E-state index in [0.29, 0.717) is 11.1 Å². The first-order chi connectivity index (χ1) is 9.93. The smallest absolute Gasteiger partial charge is 0.159 e. The Labute approximate surface area is 131 Å². The predicted octanol–water partition coefficient (Wildman–Crippen LogP) is 3.58. The van der Waals surface area contributed by atoms with Crippen molar-refractivity contribution in [3.8, 4) is 0 Å². The van der Waals surface area contributed by atoms with Crippen LogP contribution in [0.25, 0.3) is 17.1 Å². The van der Waals surface area contributed by atoms with Crippen molar-refractivity contribution >= 4 is 28.7 Å². The number of fused-ring (bicyclic) bond motifs is 1. The van der Waals surface area contributed by atoms with Gasteiger partial charge in [-0.3, -0.25) is 4.68 Å². The fraction of sp³-hybridized carbons (Fsp3) is 0.500. The van der Waals surface area contributed by atoms with Gasteiger partial charge in [0.1, 0.15) is 5.15 Å². The van der Waals surface area contributed by atoms with Gasteiger partial charge in [-0.2, -0.15) is 5.10 Å². The Morgan fingerprint density at radius 2 is 2.19 bits per heavy atom. The second-order valence-electron chi connectivity index (χ2n) is 5.60. The molecule has 0 bridgehead atoms. The molecule has 0 radical (unpaired) electrons. The molecule has 1 N–H and O–H groups in total. The van der Waals surface area contributed by atoms with Gasteiger partial charge in [-0.1, -0.05) is 44.0 Å². The van der Waals surface area contributed by atoms with Crippen molar-refractivity contribution in [1.29, 1.82) is 0 Å². The fourth-order valence-corrected chi connectivity index (χ4v) is 2.52. The summed E-state index contributed by atoms with van der Waals surface area (Å²) in [6, 6.07) is 2.08. The van der Waals surface area contributed by atoms with Gasteiger partial charge in [0, 0.05) is 24.5 Å². The predicted molar refractivity (Wildman–Crippen MR) is 89.6 cm³/mol. The third-order valence-corrected chi connectivity index (χ3v) is 3.94. The van der Waals surface area contributed by atoms with Crippen LogP contribution in [0.15, 0.2) is 11.6 Å². The van der Waals surface area contributed by atoms with Crippen LogP contribution in [0.5, 0.6) is 0 Å². The molecule has 0 aromatic carbocycles. The zero-order chi connectivity index (χ0) is 15.6. The van der Waals surface area contributed by atoms with Crippen LogP contribution in [-0.2, 0) is 7.05 Å². The molecule has 0 atom stereocenters. The molecule has 2 aromatic rings. The van der Waals surface area contributed by atoms with E-state index in [9.17, 15) is 0 Å². The van der Waals surface area contributed by atoms with Gasteiger partial charge in [0.15, 0.2) is 5.65 Å². The minimum Gasteiger partial charge on any atom is -0.313 e. The van der Waals surface area contributed by atoms with E-state index in [4.69, 9.17) is 11.6 Å². The lowest BCUT2D eigenvalue weighted by atomic mass is 10.0. The molecular weight excluding hydrogens is 284 g/mol. The molecule has 2 heterocycles. The second kappa shape index (κ2) is 6.58. The summed E-state index contributed by atoms with van der Waals surface area (Å²) >= 11 is 6.35. The molecule has 114 valence electrons. The molecule has 4 nitrogen and oxygen atoms in total. The molecule has 0 spiro atoms. The average molecular weight is 307 g/mol. The van der Waals surface area contributed by atoms with Crippen molar-refractivity contribution in [3.63, 3.8) is 0 Å². The van der Waals surface area contributed by atoms with Crippen LogP contribution in [0.3, 0.4) is 0 Å². The number of aryl methyl sites for hydroxylation is 2. The number of aromatic nitrogens is 3. The topological polar surface area (TPSA) is 42.7 Å². The highest BCUT2D eigenvalue weighted by Gasteiger charge is 2.11. The number of hydrogen-bond acceptors (Lipinski definition) is 3. The standard InChI is InChI=1S/C16H23ClN4/c1-6-18-9-13(10(2)3)7-12-8-14-11(4)20-21(5)16(14)19-15(12)17/h7-8,10,18H,6,9H2,1-5H3. The van der Waals surface area contributed by atoms with Crippen LogP contribution >= 0.6 is 11.6 Å². The Morgan fingerprint density at radius 1 is 1.48 bits per heavy atom. The third-order valence-electron chi connectivity index (χ3n) is 3.64. The molecule has 0 aliphatic heterocycles. The highest BCUT2D eigenvalue weighted by molar-refractivity contribution is 6.31. The first kappa shape index (κ1) is 16.0. The molecule has 0 amide bonds. The number of nitrogens with zero attached hydrogens (tertiary/aromatic N) is 3. The first-order valence-electron chi connectivity index (χ1n) is 7.35. The van der Waals surface area contributed by atoms with Crippen molar-refractivity contribution in [2.75, 3.05) is 13.1 Å². The normalized spacial score (nSPS) is 12.6. The van der Waals surface area contributed by atoms with Crippen molar-refractivity contribution in [2.24, 2.45) is 13.0 Å². The van der Waals surface area contributed by atoms with E-state index < -0.39 is 0 Å². The van der Waals surface area contributed by atoms with E-state index in [1.54, 1.807) is 4.68 Å². The van der Waals surface area contributed by atoms with Gasteiger partial charge in [-0.15, -0.1) is 0 Å². The summed E-state index contributed by atoms with van der Waals surface area (Å²) in [5.41, 5.74) is 4.08. The lowest BCUT2D eigenvalue weighted by Gasteiger charge is -2.12. The van der Waals surface area contributed by atoms with Crippen molar-refractivity contribution in [2.45, 2.75) is 27.7 Å². The van der Waals surface area contributed by atoms with Gasteiger partial charge < -0.3 is 5.32 Å². The van der Waals surface area contributed by atoms with Crippen LogP contribution in [0.2, 0.25) is 5.15 Å². The minimum absolute atomic E-state index is 0.464. The quantitative estimate of drug-likeness (QED) is 0.859. The summed E-state index contributed by atoms with van der Waals surface area (Å²) in [5.74, 6) is 0.464. The van der Waals surface area contributed by atoms with Gasteiger partial charge in [-0.05, 0) is 25.5 Å². The maximum absolute atomic E-state index is 6.35. The molecular formula is C16H23ClN4. The number of nitrogens with one attached hydrogen (secondary N) is 1. The Bertz CT molecular complexity index is 670. The highest BCUT2D eigenvalue weighted by atomic mass is 35.5. The van der Waals surface area contributed by atoms with Gasteiger partial charge in [0.25, 0.3) is 0 Å². The number of hydrogen-bond donors (Lipinski definition) is 1. The lowest BCUT2D eigenvalue weighted by molar-refractivity contribution is 0.682. The summed E-state index contributed by atoms with van der Waals surface area (Å²) < 4.78 is 1.77. The third kappa shape index (κ3) is 3.44. The van der Waals surface area contributed by atoms with E-state index in [1.165, 1.54) is 5.57 Å². The van der Waals surface area contributed by atoms with E-state index in [1.807, 2.05) is 14.0 Å². The van der Waals surface area contributed by atoms with Gasteiger partial charge in [0.2, 0.25) is 0 Å². The van der Waals surface area contributed by atoms with Crippen molar-refractivity contribution in [1.82, 2.24) is 20.1 Å². The Balaban J connectivity index is 2.49. The molecule has 5 heteroatoms. The Hall–Kier alpha value is -1.39. The molecule has 0 fully saturated rings. The Morgan fingerprint density at radius 3 is 2.81 bits per heavy atom. The number of halogens is 1. The average Bonchev–Trinajstić information content (AvgIpc) is 2.69. The molecule has 21 heavy (non-hydrogen) atoms. The maximum atomic E-state index is 6.35. The number of pyridine rings is 1. The van der Waals surface area contributed by atoms with Crippen LogP contribution in [0.4, 0.5) is 0 Å². The summed E-state index contributed by atoms with van der Waals surface area (Å²) in [4.78, 5) is 4.49. The fourth-order valence-electron chi connectivity index (χ4n) is 2.33. The van der Waals surface area contributed by atoms with Crippen molar-refractivity contribution in [3.05, 3.63) is 28.0 Å². The van der Waals surface area contributed by atoms with Crippen LogP contribution in [0, 0.1) is 12.8 Å². The summed E-state index contributed by atoms with van der Waals surface area (Å²) in [7, 11) is 1.89. The molecule has 2 rings (SSSR count). The Kier molecular flexibility index (Phi) is 5.01. The highest BCUT2D eigenvalue weighted by Crippen LogP contribution is 2.25. The van der Waals surface area contributed by atoms with E-state index in [-0.39, 0.29) is 0 Å². The van der Waals surface area contributed by atoms with Gasteiger partial charge in [-0.25, -0.2) is 4.98 Å². The van der Waals surface area contributed by atoms with Crippen LogP contribution in [0.1, 0.15) is 32.0 Å². The molecule has 0 aliphatic rings. The van der Waals surface area contributed by atoms with Gasteiger partial charge in [0.05, 0.1) is 5.69 Å². The summed E-state index contributed by atoms with van der Waals surface area (Å²) in [5, 5.41) is 9.36. The monoisotopic (exact) mass is 306 g/mol. The zero-order valence-corrected chi connectivity index (χ0v) is 14.1. The molecule has 2 aromatic heterocycles. The van der Waals surface area contributed by atoms with E-state index in [2.05, 4.69) is 48.3 Å². The lowest BCUT2D eigenvalue weighted by Crippen LogP contribution is -2.18. The number of likely N-dealkylation sites (N-methyl/N-ethyl adjacent to an activating group) is 1. The van der Waals surface area contributed by atoms with E-state index in [0.717, 1.165) is 35.4 Å². The van der Waals surface area contributed by atoms with Crippen LogP contribution in [-0.4, -0.2) is 27.9 Å². The van der Waals surface area contributed by atoms with Crippen molar-refractivity contribution < 1.29 is 0 Å². The SMILES string of the molecule is CCNCC(=Cc1cc2c(C)nn(C)c2nc1Cl)C(C)C. The molecule has 0 saturated heterocycles. The second-order valence-corrected chi connectivity index (χ2v) is 5.96. The molecule has 0 saturated carbocycles. The van der Waals surface area contributed by atoms with Crippen LogP contribution < -0.4 is 5.32 Å². The summed E-state index contributed by atoms with van der Waals surface area (Å²) in [6.07, 6.45) is 2.15. The molecule has 0 unspecified atom stereocenters. The van der Waals surface area contributed by atoms with E-state index >= 15 is 0 Å². The van der Waals surface area contributed by atoms with Gasteiger partial charge >= 0.3 is 0 Å². The maximum Gasteiger partial charge on any atom is 0.159 e. The zero-order valence-electron chi connectivity index (χ0n) is 13.4. The molecule has 0 aliphatic carbocycles. The minimum atomic E-state index is 0.464. The first-order valence-corrected chi connectivity index (χ1v) is 7.72. The summed E-state index contributed by atoms with van der Waals surface area (Å²) in [6.45, 7) is 10.3. The largest absolute Gasteiger partial charge is 0.313 e. The number of rotatable bonds is 5.